The van der Waals surface area contributed by atoms with E-state index in [2.05, 4.69) is 9.71 Å². The summed E-state index contributed by atoms with van der Waals surface area (Å²) < 4.78 is 30.7. The molecule has 0 amide bonds. The Labute approximate surface area is 115 Å². The molecule has 0 saturated heterocycles. The van der Waals surface area contributed by atoms with Gasteiger partial charge in [-0.05, 0) is 13.3 Å². The summed E-state index contributed by atoms with van der Waals surface area (Å²) in [5.41, 5.74) is -0.0783. The topological polar surface area (TPSA) is 106 Å². The molecule has 1 aromatic rings. The van der Waals surface area contributed by atoms with Crippen LogP contribution in [0.5, 0.6) is 0 Å². The molecule has 0 aliphatic rings. The van der Waals surface area contributed by atoms with Gasteiger partial charge < -0.3 is 9.84 Å². The van der Waals surface area contributed by atoms with Gasteiger partial charge in [-0.1, -0.05) is 0 Å². The first-order chi connectivity index (χ1) is 8.85. The first-order valence-corrected chi connectivity index (χ1v) is 8.06. The maximum atomic E-state index is 11.7. The lowest BCUT2D eigenvalue weighted by Gasteiger charge is -2.11. The van der Waals surface area contributed by atoms with E-state index in [9.17, 15) is 13.2 Å². The van der Waals surface area contributed by atoms with Gasteiger partial charge in [0.15, 0.2) is 5.69 Å². The normalized spacial score (nSPS) is 13.4. The Morgan fingerprint density at radius 3 is 2.84 bits per heavy atom. The summed E-state index contributed by atoms with van der Waals surface area (Å²) >= 11 is 1.11. The Kier molecular flexibility index (Phi) is 5.85. The van der Waals surface area contributed by atoms with Crippen LogP contribution >= 0.6 is 11.3 Å². The van der Waals surface area contributed by atoms with E-state index in [4.69, 9.17) is 9.84 Å². The first-order valence-electron chi connectivity index (χ1n) is 5.53. The van der Waals surface area contributed by atoms with Gasteiger partial charge in [-0.25, -0.2) is 22.9 Å². The van der Waals surface area contributed by atoms with Crippen molar-refractivity contribution in [2.24, 2.45) is 0 Å². The zero-order valence-corrected chi connectivity index (χ0v) is 12.3. The fraction of sp³-hybridized carbons (Fsp3) is 0.600. The minimum Gasteiger partial charge on any atom is -0.476 e. The number of hydrogen-bond donors (Lipinski definition) is 2. The quantitative estimate of drug-likeness (QED) is 0.690. The summed E-state index contributed by atoms with van der Waals surface area (Å²) in [5.74, 6) is -1.17. The van der Waals surface area contributed by atoms with Crippen molar-refractivity contribution in [2.45, 2.75) is 19.4 Å². The van der Waals surface area contributed by atoms with Crippen LogP contribution in [0.2, 0.25) is 0 Å². The summed E-state index contributed by atoms with van der Waals surface area (Å²) in [7, 11) is -1.92. The van der Waals surface area contributed by atoms with E-state index in [1.807, 2.05) is 0 Å². The number of thiazole rings is 1. The molecule has 1 aromatic heterocycles. The molecule has 1 rings (SSSR count). The van der Waals surface area contributed by atoms with Crippen LogP contribution in [-0.4, -0.2) is 43.9 Å². The molecule has 1 atom stereocenters. The van der Waals surface area contributed by atoms with Crippen LogP contribution in [0, 0.1) is 0 Å². The minimum atomic E-state index is -3.42. The fourth-order valence-electron chi connectivity index (χ4n) is 1.36. The Bertz CT molecular complexity index is 526. The molecular formula is C10H16N2O5S2. The van der Waals surface area contributed by atoms with Gasteiger partial charge in [0.2, 0.25) is 10.0 Å². The Morgan fingerprint density at radius 2 is 2.32 bits per heavy atom. The van der Waals surface area contributed by atoms with E-state index in [1.54, 1.807) is 6.92 Å². The van der Waals surface area contributed by atoms with Crippen molar-refractivity contribution in [3.05, 3.63) is 16.1 Å². The molecule has 108 valence electrons. The molecule has 1 heterocycles. The molecule has 0 spiro atoms. The van der Waals surface area contributed by atoms with Gasteiger partial charge in [0.05, 0.1) is 11.8 Å². The van der Waals surface area contributed by atoms with Crippen molar-refractivity contribution < 1.29 is 23.1 Å². The lowest BCUT2D eigenvalue weighted by atomic mass is 10.4. The van der Waals surface area contributed by atoms with Gasteiger partial charge in [0, 0.05) is 19.1 Å². The zero-order valence-electron chi connectivity index (χ0n) is 10.6. The Hall–Kier alpha value is -1.03. The Morgan fingerprint density at radius 1 is 1.63 bits per heavy atom. The van der Waals surface area contributed by atoms with Crippen molar-refractivity contribution in [1.82, 2.24) is 9.71 Å². The van der Waals surface area contributed by atoms with Crippen LogP contribution in [0.15, 0.2) is 5.38 Å². The third kappa shape index (κ3) is 5.23. The maximum absolute atomic E-state index is 11.7. The lowest BCUT2D eigenvalue weighted by molar-refractivity contribution is 0.0691. The SMILES string of the molecule is COCCCS(=O)(=O)NC(C)c1nc(C(=O)O)cs1. The summed E-state index contributed by atoms with van der Waals surface area (Å²) in [4.78, 5) is 14.5. The molecule has 7 nitrogen and oxygen atoms in total. The smallest absolute Gasteiger partial charge is 0.355 e. The van der Waals surface area contributed by atoms with Crippen LogP contribution in [0.3, 0.4) is 0 Å². The van der Waals surface area contributed by atoms with Gasteiger partial charge in [-0.3, -0.25) is 0 Å². The number of nitrogens with one attached hydrogen (secondary N) is 1. The number of rotatable bonds is 8. The van der Waals surface area contributed by atoms with E-state index in [0.29, 0.717) is 18.0 Å². The number of nitrogens with zero attached hydrogens (tertiary/aromatic N) is 1. The van der Waals surface area contributed by atoms with Crippen LogP contribution in [0.25, 0.3) is 0 Å². The molecule has 0 aliphatic carbocycles. The van der Waals surface area contributed by atoms with Crippen molar-refractivity contribution in [1.29, 1.82) is 0 Å². The highest BCUT2D eigenvalue weighted by Crippen LogP contribution is 2.18. The second-order valence-corrected chi connectivity index (χ2v) is 6.64. The highest BCUT2D eigenvalue weighted by molar-refractivity contribution is 7.89. The number of ether oxygens (including phenoxy) is 1. The standard InChI is InChI=1S/C10H16N2O5S2/c1-7(9-11-8(6-18-9)10(13)14)12-19(15,16)5-3-4-17-2/h6-7,12H,3-5H2,1-2H3,(H,13,14). The molecule has 19 heavy (non-hydrogen) atoms. The van der Waals surface area contributed by atoms with E-state index in [-0.39, 0.29) is 11.4 Å². The van der Waals surface area contributed by atoms with Crippen molar-refractivity contribution >= 4 is 27.3 Å². The second-order valence-electron chi connectivity index (χ2n) is 3.88. The van der Waals surface area contributed by atoms with E-state index >= 15 is 0 Å². The number of carbonyl (C=O) groups is 1. The monoisotopic (exact) mass is 308 g/mol. The molecule has 0 fully saturated rings. The molecule has 9 heteroatoms. The van der Waals surface area contributed by atoms with Gasteiger partial charge in [0.25, 0.3) is 0 Å². The summed E-state index contributed by atoms with van der Waals surface area (Å²) in [5, 5.41) is 10.6. The van der Waals surface area contributed by atoms with Crippen LogP contribution < -0.4 is 4.72 Å². The number of aromatic carboxylic acids is 1. The summed E-state index contributed by atoms with van der Waals surface area (Å²) in [6, 6.07) is -0.550. The molecule has 0 radical (unpaired) electrons. The number of carboxylic acid groups (broad SMARTS) is 1. The maximum Gasteiger partial charge on any atom is 0.355 e. The van der Waals surface area contributed by atoms with E-state index in [1.165, 1.54) is 12.5 Å². The highest BCUT2D eigenvalue weighted by atomic mass is 32.2. The van der Waals surface area contributed by atoms with Crippen LogP contribution in [0.4, 0.5) is 0 Å². The molecule has 0 aliphatic heterocycles. The molecule has 2 N–H and O–H groups in total. The summed E-state index contributed by atoms with van der Waals surface area (Å²) in [6.07, 6.45) is 0.400. The third-order valence-corrected chi connectivity index (χ3v) is 4.80. The molecule has 0 aromatic carbocycles. The predicted molar refractivity (Wildman–Crippen MR) is 70.9 cm³/mol. The van der Waals surface area contributed by atoms with Crippen molar-refractivity contribution in [3.63, 3.8) is 0 Å². The molecular weight excluding hydrogens is 292 g/mol. The fourth-order valence-corrected chi connectivity index (χ4v) is 3.50. The number of carboxylic acids is 1. The Balaban J connectivity index is 2.62. The molecule has 0 bridgehead atoms. The highest BCUT2D eigenvalue weighted by Gasteiger charge is 2.19. The van der Waals surface area contributed by atoms with Crippen LogP contribution in [0.1, 0.15) is 34.9 Å². The second kappa shape index (κ2) is 6.94. The lowest BCUT2D eigenvalue weighted by Crippen LogP contribution is -2.29. The van der Waals surface area contributed by atoms with E-state index < -0.39 is 22.0 Å². The predicted octanol–water partition coefficient (Wildman–Crippen LogP) is 0.858. The molecule has 1 unspecified atom stereocenters. The first kappa shape index (κ1) is 16.0. The van der Waals surface area contributed by atoms with Crippen LogP contribution in [-0.2, 0) is 14.8 Å². The van der Waals surface area contributed by atoms with Gasteiger partial charge in [-0.15, -0.1) is 11.3 Å². The van der Waals surface area contributed by atoms with Gasteiger partial charge in [-0.2, -0.15) is 0 Å². The van der Waals surface area contributed by atoms with Crippen molar-refractivity contribution in [3.8, 4) is 0 Å². The minimum absolute atomic E-state index is 0.0393. The van der Waals surface area contributed by atoms with Gasteiger partial charge in [0.1, 0.15) is 5.01 Å². The largest absolute Gasteiger partial charge is 0.476 e. The number of hydrogen-bond acceptors (Lipinski definition) is 6. The average molecular weight is 308 g/mol. The van der Waals surface area contributed by atoms with Gasteiger partial charge >= 0.3 is 5.97 Å². The summed E-state index contributed by atoms with van der Waals surface area (Å²) in [6.45, 7) is 1.99. The zero-order chi connectivity index (χ0) is 14.5. The molecule has 0 saturated carbocycles. The third-order valence-electron chi connectivity index (χ3n) is 2.23. The van der Waals surface area contributed by atoms with Crippen molar-refractivity contribution in [2.75, 3.05) is 19.5 Å². The number of aromatic nitrogens is 1. The average Bonchev–Trinajstić information content (AvgIpc) is 2.77. The number of methoxy groups -OCH3 is 1. The number of sulfonamides is 1. The van der Waals surface area contributed by atoms with E-state index in [0.717, 1.165) is 11.3 Å².